The predicted molar refractivity (Wildman–Crippen MR) is 96.1 cm³/mol. The lowest BCUT2D eigenvalue weighted by Crippen LogP contribution is -2.36. The number of para-hydroxylation sites is 1. The van der Waals surface area contributed by atoms with Crippen molar-refractivity contribution in [2.45, 2.75) is 6.54 Å². The summed E-state index contributed by atoms with van der Waals surface area (Å²) in [5.41, 5.74) is 1.31. The van der Waals surface area contributed by atoms with Crippen LogP contribution >= 0.6 is 0 Å². The third-order valence-electron chi connectivity index (χ3n) is 3.49. The van der Waals surface area contributed by atoms with Crippen LogP contribution in [0.2, 0.25) is 0 Å². The van der Waals surface area contributed by atoms with Crippen LogP contribution in [-0.2, 0) is 6.54 Å². The number of carbonyl (C=O) groups excluding carboxylic acids is 1. The van der Waals surface area contributed by atoms with Crippen molar-refractivity contribution < 1.29 is 9.53 Å². The predicted octanol–water partition coefficient (Wildman–Crippen LogP) is 2.50. The first-order valence-electron chi connectivity index (χ1n) is 8.18. The summed E-state index contributed by atoms with van der Waals surface area (Å²) in [6.45, 7) is 4.00. The van der Waals surface area contributed by atoms with Crippen LogP contribution in [0.1, 0.15) is 5.56 Å². The monoisotopic (exact) mass is 327 g/mol. The zero-order chi connectivity index (χ0) is 17.0. The number of nitrogens with one attached hydrogen (secondary N) is 2. The normalized spacial score (nSPS) is 10.6. The zero-order valence-electron chi connectivity index (χ0n) is 14.1. The molecule has 0 unspecified atom stereocenters. The molecule has 1 amide bonds. The van der Waals surface area contributed by atoms with Crippen LogP contribution in [0, 0.1) is 0 Å². The number of carbonyl (C=O) groups is 1. The molecule has 5 nitrogen and oxygen atoms in total. The minimum Gasteiger partial charge on any atom is -0.410 e. The van der Waals surface area contributed by atoms with Crippen LogP contribution in [-0.4, -0.2) is 44.2 Å². The molecule has 0 aliphatic rings. The van der Waals surface area contributed by atoms with Crippen LogP contribution in [0.25, 0.3) is 0 Å². The molecule has 0 aliphatic carbocycles. The van der Waals surface area contributed by atoms with Crippen LogP contribution in [0.4, 0.5) is 4.79 Å². The number of nitrogens with zero attached hydrogens (tertiary/aromatic N) is 1. The number of ether oxygens (including phenoxy) is 1. The van der Waals surface area contributed by atoms with Crippen LogP contribution in [0.15, 0.2) is 60.7 Å². The fourth-order valence-corrected chi connectivity index (χ4v) is 2.25. The molecular weight excluding hydrogens is 302 g/mol. The molecule has 0 aliphatic heterocycles. The van der Waals surface area contributed by atoms with E-state index >= 15 is 0 Å². The van der Waals surface area contributed by atoms with Crippen molar-refractivity contribution in [3.63, 3.8) is 0 Å². The summed E-state index contributed by atoms with van der Waals surface area (Å²) in [5, 5.41) is 6.03. The van der Waals surface area contributed by atoms with Gasteiger partial charge in [-0.15, -0.1) is 0 Å². The third kappa shape index (κ3) is 7.26. The molecule has 2 N–H and O–H groups in total. The van der Waals surface area contributed by atoms with Gasteiger partial charge in [0, 0.05) is 32.7 Å². The van der Waals surface area contributed by atoms with Gasteiger partial charge in [0.1, 0.15) is 5.75 Å². The minimum absolute atomic E-state index is 0.427. The van der Waals surface area contributed by atoms with E-state index in [1.807, 2.05) is 24.3 Å². The molecule has 0 atom stereocenters. The van der Waals surface area contributed by atoms with Crippen molar-refractivity contribution in [1.82, 2.24) is 15.5 Å². The van der Waals surface area contributed by atoms with Gasteiger partial charge in [0.15, 0.2) is 0 Å². The molecule has 0 saturated heterocycles. The minimum atomic E-state index is -0.427. The molecule has 2 aromatic rings. The Morgan fingerprint density at radius 3 is 2.33 bits per heavy atom. The van der Waals surface area contributed by atoms with Gasteiger partial charge in [-0.1, -0.05) is 48.5 Å². The Balaban J connectivity index is 1.50. The fourth-order valence-electron chi connectivity index (χ4n) is 2.25. The largest absolute Gasteiger partial charge is 0.412 e. The number of hydrogen-bond acceptors (Lipinski definition) is 4. The van der Waals surface area contributed by atoms with E-state index in [4.69, 9.17) is 4.74 Å². The Hall–Kier alpha value is -2.37. The molecule has 5 heteroatoms. The van der Waals surface area contributed by atoms with Crippen molar-refractivity contribution in [3.05, 3.63) is 66.2 Å². The second kappa shape index (κ2) is 10.4. The molecule has 0 saturated carbocycles. The number of likely N-dealkylation sites (N-methyl/N-ethyl adjacent to an activating group) is 1. The van der Waals surface area contributed by atoms with Gasteiger partial charge >= 0.3 is 6.09 Å². The van der Waals surface area contributed by atoms with Gasteiger partial charge in [0.2, 0.25) is 0 Å². The molecule has 0 aromatic heterocycles. The van der Waals surface area contributed by atoms with Gasteiger partial charge in [0.25, 0.3) is 0 Å². The van der Waals surface area contributed by atoms with Crippen molar-refractivity contribution in [2.24, 2.45) is 0 Å². The molecule has 0 bridgehead atoms. The summed E-state index contributed by atoms with van der Waals surface area (Å²) >= 11 is 0. The van der Waals surface area contributed by atoms with Crippen molar-refractivity contribution >= 4 is 6.09 Å². The summed E-state index contributed by atoms with van der Waals surface area (Å²) in [6.07, 6.45) is -0.427. The summed E-state index contributed by atoms with van der Waals surface area (Å²) < 4.78 is 5.14. The van der Waals surface area contributed by atoms with Gasteiger partial charge in [-0.2, -0.15) is 0 Å². The third-order valence-corrected chi connectivity index (χ3v) is 3.49. The number of amides is 1. The summed E-state index contributed by atoms with van der Waals surface area (Å²) in [6, 6.07) is 19.4. The van der Waals surface area contributed by atoms with Crippen molar-refractivity contribution in [2.75, 3.05) is 33.2 Å². The van der Waals surface area contributed by atoms with E-state index in [2.05, 4.69) is 46.8 Å². The van der Waals surface area contributed by atoms with E-state index in [1.165, 1.54) is 5.56 Å². The van der Waals surface area contributed by atoms with Gasteiger partial charge in [-0.25, -0.2) is 4.79 Å². The Kier molecular flexibility index (Phi) is 7.80. The highest BCUT2D eigenvalue weighted by Crippen LogP contribution is 2.07. The van der Waals surface area contributed by atoms with E-state index in [0.29, 0.717) is 18.8 Å². The van der Waals surface area contributed by atoms with Crippen molar-refractivity contribution in [1.29, 1.82) is 0 Å². The lowest BCUT2D eigenvalue weighted by Gasteiger charge is -2.17. The van der Waals surface area contributed by atoms with Crippen molar-refractivity contribution in [3.8, 4) is 5.75 Å². The highest BCUT2D eigenvalue weighted by Gasteiger charge is 2.03. The summed E-state index contributed by atoms with van der Waals surface area (Å²) in [5.74, 6) is 0.547. The maximum absolute atomic E-state index is 11.6. The van der Waals surface area contributed by atoms with Crippen LogP contribution in [0.5, 0.6) is 5.75 Å². The van der Waals surface area contributed by atoms with Crippen LogP contribution < -0.4 is 15.4 Å². The lowest BCUT2D eigenvalue weighted by molar-refractivity contribution is 0.200. The molecule has 0 spiro atoms. The molecule has 2 aromatic carbocycles. The second-order valence-electron chi connectivity index (χ2n) is 5.60. The SMILES string of the molecule is CN(CCNCCNC(=O)Oc1ccccc1)Cc1ccccc1. The molecule has 2 rings (SSSR count). The summed E-state index contributed by atoms with van der Waals surface area (Å²) in [4.78, 5) is 13.9. The Bertz CT molecular complexity index is 590. The van der Waals surface area contributed by atoms with Gasteiger partial charge in [-0.05, 0) is 24.7 Å². The zero-order valence-corrected chi connectivity index (χ0v) is 14.1. The van der Waals surface area contributed by atoms with E-state index < -0.39 is 6.09 Å². The topological polar surface area (TPSA) is 53.6 Å². The van der Waals surface area contributed by atoms with Gasteiger partial charge < -0.3 is 20.3 Å². The molecule has 0 radical (unpaired) electrons. The fraction of sp³-hybridized carbons (Fsp3) is 0.316. The Morgan fingerprint density at radius 1 is 0.958 bits per heavy atom. The molecule has 0 fully saturated rings. The van der Waals surface area contributed by atoms with Gasteiger partial charge in [-0.3, -0.25) is 0 Å². The first kappa shape index (κ1) is 18.0. The van der Waals surface area contributed by atoms with E-state index in [9.17, 15) is 4.79 Å². The highest BCUT2D eigenvalue weighted by atomic mass is 16.6. The van der Waals surface area contributed by atoms with E-state index in [-0.39, 0.29) is 0 Å². The van der Waals surface area contributed by atoms with E-state index in [0.717, 1.165) is 19.6 Å². The van der Waals surface area contributed by atoms with E-state index in [1.54, 1.807) is 12.1 Å². The molecule has 24 heavy (non-hydrogen) atoms. The molecule has 0 heterocycles. The standard InChI is InChI=1S/C19H25N3O2/c1-22(16-17-8-4-2-5-9-17)15-14-20-12-13-21-19(23)24-18-10-6-3-7-11-18/h2-11,20H,12-16H2,1H3,(H,21,23). The molecular formula is C19H25N3O2. The second-order valence-corrected chi connectivity index (χ2v) is 5.60. The maximum Gasteiger partial charge on any atom is 0.412 e. The van der Waals surface area contributed by atoms with Crippen LogP contribution in [0.3, 0.4) is 0 Å². The smallest absolute Gasteiger partial charge is 0.410 e. The molecule has 128 valence electrons. The van der Waals surface area contributed by atoms with Gasteiger partial charge in [0.05, 0.1) is 0 Å². The first-order chi connectivity index (χ1) is 11.7. The first-order valence-corrected chi connectivity index (χ1v) is 8.18. The number of benzene rings is 2. The lowest BCUT2D eigenvalue weighted by atomic mass is 10.2. The number of hydrogen-bond donors (Lipinski definition) is 2. The summed E-state index contributed by atoms with van der Waals surface area (Å²) in [7, 11) is 2.10. The maximum atomic E-state index is 11.6. The average molecular weight is 327 g/mol. The Morgan fingerprint density at radius 2 is 1.62 bits per heavy atom. The average Bonchev–Trinajstić information content (AvgIpc) is 2.60. The Labute approximate surface area is 143 Å². The highest BCUT2D eigenvalue weighted by molar-refractivity contribution is 5.70. The number of rotatable bonds is 9. The quantitative estimate of drug-likeness (QED) is 0.695.